The number of rotatable bonds is 5. The third-order valence-corrected chi connectivity index (χ3v) is 4.46. The van der Waals surface area contributed by atoms with Crippen molar-refractivity contribution in [1.82, 2.24) is 20.2 Å². The van der Waals surface area contributed by atoms with Crippen LogP contribution in [-0.4, -0.2) is 14.8 Å². The van der Waals surface area contributed by atoms with E-state index in [2.05, 4.69) is 38.4 Å². The summed E-state index contributed by atoms with van der Waals surface area (Å²) in [6.07, 6.45) is 5.33. The highest BCUT2D eigenvalue weighted by Crippen LogP contribution is 2.27. The highest BCUT2D eigenvalue weighted by molar-refractivity contribution is 9.10. The second-order valence-electron chi connectivity index (χ2n) is 4.84. The van der Waals surface area contributed by atoms with E-state index in [4.69, 9.17) is 5.84 Å². The average Bonchev–Trinajstić information content (AvgIpc) is 2.72. The second kappa shape index (κ2) is 6.47. The summed E-state index contributed by atoms with van der Waals surface area (Å²) in [5.41, 5.74) is 7.40. The number of nitrogens with zero attached hydrogens (tertiary/aromatic N) is 3. The van der Waals surface area contributed by atoms with Gasteiger partial charge in [0.05, 0.1) is 21.9 Å². The second-order valence-corrected chi connectivity index (χ2v) is 5.63. The van der Waals surface area contributed by atoms with Crippen molar-refractivity contribution in [2.24, 2.45) is 12.9 Å². The highest BCUT2D eigenvalue weighted by atomic mass is 79.9. The van der Waals surface area contributed by atoms with Gasteiger partial charge in [0.25, 0.3) is 0 Å². The predicted molar refractivity (Wildman–Crippen MR) is 83.0 cm³/mol. The van der Waals surface area contributed by atoms with Gasteiger partial charge in [-0.1, -0.05) is 6.92 Å². The first-order chi connectivity index (χ1) is 9.58. The summed E-state index contributed by atoms with van der Waals surface area (Å²) < 4.78 is 3.00. The van der Waals surface area contributed by atoms with Crippen LogP contribution in [0.4, 0.5) is 0 Å². The molecule has 108 valence electrons. The lowest BCUT2D eigenvalue weighted by Gasteiger charge is -2.18. The van der Waals surface area contributed by atoms with Crippen molar-refractivity contribution in [3.63, 3.8) is 0 Å². The quantitative estimate of drug-likeness (QED) is 0.648. The summed E-state index contributed by atoms with van der Waals surface area (Å²) in [6.45, 7) is 4.14. The van der Waals surface area contributed by atoms with Crippen molar-refractivity contribution in [1.29, 1.82) is 0 Å². The first-order valence-corrected chi connectivity index (χ1v) is 7.44. The standard InChI is InChI=1S/C14H20BrN5/c1-4-11-14(15)13(20(3)19-11)7-12(18-16)10-5-6-17-8-9(10)2/h5-6,8,12,18H,4,7,16H2,1-3H3. The third kappa shape index (κ3) is 2.92. The van der Waals surface area contributed by atoms with Crippen LogP contribution >= 0.6 is 15.9 Å². The van der Waals surface area contributed by atoms with E-state index in [-0.39, 0.29) is 6.04 Å². The van der Waals surface area contributed by atoms with Gasteiger partial charge in [0, 0.05) is 25.9 Å². The maximum Gasteiger partial charge on any atom is 0.0766 e. The molecule has 3 N–H and O–H groups in total. The lowest BCUT2D eigenvalue weighted by Crippen LogP contribution is -2.30. The van der Waals surface area contributed by atoms with Gasteiger partial charge >= 0.3 is 0 Å². The number of aromatic nitrogens is 3. The van der Waals surface area contributed by atoms with Crippen molar-refractivity contribution in [2.45, 2.75) is 32.7 Å². The molecule has 0 aliphatic carbocycles. The Morgan fingerprint density at radius 3 is 2.80 bits per heavy atom. The van der Waals surface area contributed by atoms with Crippen molar-refractivity contribution in [3.05, 3.63) is 45.4 Å². The molecule has 1 atom stereocenters. The summed E-state index contributed by atoms with van der Waals surface area (Å²) in [7, 11) is 1.96. The molecule has 2 rings (SSSR count). The van der Waals surface area contributed by atoms with E-state index < -0.39 is 0 Å². The molecule has 0 aromatic carbocycles. The molecule has 2 aromatic heterocycles. The van der Waals surface area contributed by atoms with Crippen molar-refractivity contribution in [2.75, 3.05) is 0 Å². The van der Waals surface area contributed by atoms with Crippen LogP contribution in [0.15, 0.2) is 22.9 Å². The molecule has 20 heavy (non-hydrogen) atoms. The first-order valence-electron chi connectivity index (χ1n) is 6.65. The molecule has 0 saturated carbocycles. The van der Waals surface area contributed by atoms with E-state index in [9.17, 15) is 0 Å². The fourth-order valence-corrected chi connectivity index (χ4v) is 3.15. The molecule has 2 heterocycles. The zero-order valence-electron chi connectivity index (χ0n) is 12.0. The van der Waals surface area contributed by atoms with E-state index >= 15 is 0 Å². The maximum atomic E-state index is 5.75. The summed E-state index contributed by atoms with van der Waals surface area (Å²) in [4.78, 5) is 4.13. The molecule has 0 amide bonds. The summed E-state index contributed by atoms with van der Waals surface area (Å²) in [5.74, 6) is 5.75. The number of nitrogens with one attached hydrogen (secondary N) is 1. The van der Waals surface area contributed by atoms with E-state index in [0.29, 0.717) is 0 Å². The number of hydrogen-bond acceptors (Lipinski definition) is 4. The van der Waals surface area contributed by atoms with Crippen LogP contribution in [0.25, 0.3) is 0 Å². The molecule has 5 nitrogen and oxygen atoms in total. The maximum absolute atomic E-state index is 5.75. The summed E-state index contributed by atoms with van der Waals surface area (Å²) in [6, 6.07) is 2.04. The Morgan fingerprint density at radius 2 is 2.25 bits per heavy atom. The summed E-state index contributed by atoms with van der Waals surface area (Å²) in [5, 5.41) is 4.52. The van der Waals surface area contributed by atoms with Gasteiger partial charge < -0.3 is 0 Å². The van der Waals surface area contributed by atoms with Gasteiger partial charge in [-0.25, -0.2) is 0 Å². The van der Waals surface area contributed by atoms with Crippen LogP contribution in [0, 0.1) is 6.92 Å². The number of nitrogens with two attached hydrogens (primary N) is 1. The molecular formula is C14H20BrN5. The molecule has 0 radical (unpaired) electrons. The molecule has 0 saturated heterocycles. The average molecular weight is 338 g/mol. The molecule has 0 spiro atoms. The Hall–Kier alpha value is -1.24. The number of hydrazine groups is 1. The van der Waals surface area contributed by atoms with E-state index in [1.807, 2.05) is 30.9 Å². The topological polar surface area (TPSA) is 68.8 Å². The third-order valence-electron chi connectivity index (χ3n) is 3.54. The van der Waals surface area contributed by atoms with Gasteiger partial charge in [-0.2, -0.15) is 5.10 Å². The fourth-order valence-electron chi connectivity index (χ4n) is 2.37. The van der Waals surface area contributed by atoms with E-state index in [1.54, 1.807) is 6.20 Å². The molecule has 1 unspecified atom stereocenters. The van der Waals surface area contributed by atoms with E-state index in [1.165, 1.54) is 0 Å². The number of pyridine rings is 1. The van der Waals surface area contributed by atoms with Gasteiger partial charge in [0.15, 0.2) is 0 Å². The van der Waals surface area contributed by atoms with Crippen LogP contribution in [-0.2, 0) is 19.9 Å². The lowest BCUT2D eigenvalue weighted by atomic mass is 9.99. The van der Waals surface area contributed by atoms with Gasteiger partial charge in [-0.3, -0.25) is 20.9 Å². The molecule has 0 aliphatic rings. The number of aryl methyl sites for hydroxylation is 3. The van der Waals surface area contributed by atoms with Crippen LogP contribution in [0.5, 0.6) is 0 Å². The van der Waals surface area contributed by atoms with Gasteiger partial charge in [-0.15, -0.1) is 0 Å². The Bertz CT molecular complexity index is 593. The Kier molecular flexibility index (Phi) is 4.91. The summed E-state index contributed by atoms with van der Waals surface area (Å²) >= 11 is 3.65. The fraction of sp³-hybridized carbons (Fsp3) is 0.429. The Labute approximate surface area is 127 Å². The predicted octanol–water partition coefficient (Wildman–Crippen LogP) is 2.20. The Balaban J connectivity index is 2.32. The van der Waals surface area contributed by atoms with Crippen LogP contribution < -0.4 is 11.3 Å². The monoisotopic (exact) mass is 337 g/mol. The van der Waals surface area contributed by atoms with Crippen molar-refractivity contribution in [3.8, 4) is 0 Å². The minimum Gasteiger partial charge on any atom is -0.271 e. The van der Waals surface area contributed by atoms with Gasteiger partial charge in [0.2, 0.25) is 0 Å². The normalized spacial score (nSPS) is 12.7. The zero-order chi connectivity index (χ0) is 14.7. The first kappa shape index (κ1) is 15.2. The van der Waals surface area contributed by atoms with Crippen LogP contribution in [0.3, 0.4) is 0 Å². The van der Waals surface area contributed by atoms with Gasteiger partial charge in [0.1, 0.15) is 0 Å². The van der Waals surface area contributed by atoms with Crippen molar-refractivity contribution >= 4 is 15.9 Å². The number of halogens is 1. The van der Waals surface area contributed by atoms with Crippen LogP contribution in [0.1, 0.15) is 35.5 Å². The molecule has 0 bridgehead atoms. The van der Waals surface area contributed by atoms with Crippen LogP contribution in [0.2, 0.25) is 0 Å². The molecule has 0 fully saturated rings. The highest BCUT2D eigenvalue weighted by Gasteiger charge is 2.19. The Morgan fingerprint density at radius 1 is 1.50 bits per heavy atom. The lowest BCUT2D eigenvalue weighted by molar-refractivity contribution is 0.526. The van der Waals surface area contributed by atoms with Gasteiger partial charge in [-0.05, 0) is 46.5 Å². The molecule has 6 heteroatoms. The van der Waals surface area contributed by atoms with E-state index in [0.717, 1.165) is 39.8 Å². The molecular weight excluding hydrogens is 318 g/mol. The minimum atomic E-state index is 0.0365. The molecule has 0 aliphatic heterocycles. The molecule has 2 aromatic rings. The minimum absolute atomic E-state index is 0.0365. The number of hydrogen-bond donors (Lipinski definition) is 2. The largest absolute Gasteiger partial charge is 0.271 e. The SMILES string of the molecule is CCc1nn(C)c(CC(NN)c2ccncc2C)c1Br. The van der Waals surface area contributed by atoms with Crippen molar-refractivity contribution < 1.29 is 0 Å². The smallest absolute Gasteiger partial charge is 0.0766 e. The zero-order valence-corrected chi connectivity index (χ0v) is 13.6.